The van der Waals surface area contributed by atoms with Crippen molar-refractivity contribution < 1.29 is 33.4 Å². The minimum Gasteiger partial charge on any atom is -0.508 e. The lowest BCUT2D eigenvalue weighted by atomic mass is 9.51. The predicted octanol–water partition coefficient (Wildman–Crippen LogP) is 6.39. The first-order valence-corrected chi connectivity index (χ1v) is 15.7. The van der Waals surface area contributed by atoms with Crippen LogP contribution in [0.25, 0.3) is 0 Å². The van der Waals surface area contributed by atoms with Crippen molar-refractivity contribution in [1.82, 2.24) is 0 Å². The first kappa shape index (κ1) is 29.7. The van der Waals surface area contributed by atoms with Crippen LogP contribution in [0.1, 0.15) is 31.2 Å². The lowest BCUT2D eigenvalue weighted by molar-refractivity contribution is -0.131. The number of hydrogen-bond acceptors (Lipinski definition) is 6. The summed E-state index contributed by atoms with van der Waals surface area (Å²) in [4.78, 5) is 59.0. The lowest BCUT2D eigenvalue weighted by Crippen LogP contribution is -2.49. The molecule has 4 aliphatic rings. The van der Waals surface area contributed by atoms with Gasteiger partial charge in [-0.1, -0.05) is 45.2 Å². The van der Waals surface area contributed by atoms with E-state index in [1.54, 1.807) is 37.3 Å². The van der Waals surface area contributed by atoms with Crippen LogP contribution in [-0.2, 0) is 19.2 Å². The average Bonchev–Trinajstić information content (AvgIpc) is 3.39. The van der Waals surface area contributed by atoms with Crippen molar-refractivity contribution in [2.24, 2.45) is 29.1 Å². The molecule has 230 valence electrons. The topological polar surface area (TPSA) is 104 Å². The van der Waals surface area contributed by atoms with E-state index in [0.29, 0.717) is 17.0 Å². The fraction of sp³-hybridized carbons (Fsp3) is 0.294. The Labute approximate surface area is 271 Å². The van der Waals surface area contributed by atoms with Crippen molar-refractivity contribution in [2.75, 3.05) is 16.9 Å². The molecule has 4 amide bonds. The fourth-order valence-corrected chi connectivity index (χ4v) is 8.45. The van der Waals surface area contributed by atoms with Crippen LogP contribution in [0.2, 0.25) is 5.02 Å². The van der Waals surface area contributed by atoms with Gasteiger partial charge in [0.05, 0.1) is 46.7 Å². The number of rotatable bonds is 4. The van der Waals surface area contributed by atoms with E-state index in [1.807, 2.05) is 6.08 Å². The number of phenolic OH excluding ortho intramolecular Hbond substituents is 1. The molecule has 7 rings (SSSR count). The van der Waals surface area contributed by atoms with E-state index in [2.05, 4.69) is 15.9 Å². The van der Waals surface area contributed by atoms with Gasteiger partial charge in [-0.25, -0.2) is 9.29 Å². The van der Waals surface area contributed by atoms with Crippen LogP contribution in [-0.4, -0.2) is 35.8 Å². The molecular formula is C34H27BrClFN2O6. The Hall–Kier alpha value is -4.02. The summed E-state index contributed by atoms with van der Waals surface area (Å²) < 4.78 is 20.6. The van der Waals surface area contributed by atoms with Crippen LogP contribution in [0.4, 0.5) is 15.8 Å². The minimum atomic E-state index is -1.34. The third-order valence-corrected chi connectivity index (χ3v) is 10.9. The largest absolute Gasteiger partial charge is 0.508 e. The lowest BCUT2D eigenvalue weighted by Gasteiger charge is -2.49. The van der Waals surface area contributed by atoms with Gasteiger partial charge >= 0.3 is 0 Å². The van der Waals surface area contributed by atoms with Crippen LogP contribution >= 0.6 is 27.5 Å². The standard InChI is InChI=1S/C34H27BrClFN2O6/c1-34-24(31(42)39(33(34)44)18-7-12-26(37)25(36)13-18)15-23-20(29(34)21-9-8-19(40)14-27(21)45-2)10-11-22-28(23)32(43)38(30(22)41)17-5-3-16(35)4-6-17/h3-10,12-14,22-24,28-29,40H,11,15H2,1-2H3/t22-,23+,24-,28-,29+,34+/m0/s1. The second kappa shape index (κ2) is 10.5. The summed E-state index contributed by atoms with van der Waals surface area (Å²) in [6, 6.07) is 15.2. The molecule has 0 aromatic heterocycles. The first-order valence-electron chi connectivity index (χ1n) is 14.5. The smallest absolute Gasteiger partial charge is 0.241 e. The third-order valence-electron chi connectivity index (χ3n) is 10.0. The Balaban J connectivity index is 1.38. The SMILES string of the molecule is COc1cc(O)ccc1[C@H]1C2=CC[C@@H]3C(=O)N(c4ccc(Br)cc4)C(=O)[C@@H]3[C@@H]2C[C@H]2C(=O)N(c3ccc(F)c(Cl)c3)C(=O)[C@@]12C. The average molecular weight is 694 g/mol. The number of aromatic hydroxyl groups is 1. The summed E-state index contributed by atoms with van der Waals surface area (Å²) in [5.74, 6) is -5.56. The number of methoxy groups -OCH3 is 1. The molecule has 0 unspecified atom stereocenters. The molecule has 2 saturated heterocycles. The van der Waals surface area contributed by atoms with E-state index in [4.69, 9.17) is 16.3 Å². The number of fused-ring (bicyclic) bond motifs is 4. The monoisotopic (exact) mass is 692 g/mol. The molecule has 0 radical (unpaired) electrons. The molecule has 3 fully saturated rings. The quantitative estimate of drug-likeness (QED) is 0.251. The molecule has 8 nitrogen and oxygen atoms in total. The van der Waals surface area contributed by atoms with Gasteiger partial charge in [-0.3, -0.25) is 24.1 Å². The molecule has 0 spiro atoms. The number of nitrogens with zero attached hydrogens (tertiary/aromatic N) is 2. The normalized spacial score (nSPS) is 29.0. The van der Waals surface area contributed by atoms with Crippen LogP contribution in [0.5, 0.6) is 11.5 Å². The van der Waals surface area contributed by atoms with Crippen LogP contribution in [0.15, 0.2) is 76.8 Å². The highest BCUT2D eigenvalue weighted by atomic mass is 79.9. The van der Waals surface area contributed by atoms with Gasteiger partial charge in [-0.15, -0.1) is 0 Å². The molecule has 3 aromatic carbocycles. The van der Waals surface area contributed by atoms with Crippen molar-refractivity contribution in [3.05, 3.63) is 93.2 Å². The molecule has 1 N–H and O–H groups in total. The Morgan fingerprint density at radius 1 is 0.933 bits per heavy atom. The van der Waals surface area contributed by atoms with Gasteiger partial charge in [-0.05, 0) is 74.2 Å². The second-order valence-electron chi connectivity index (χ2n) is 12.2. The van der Waals surface area contributed by atoms with E-state index < -0.39 is 52.6 Å². The molecule has 2 heterocycles. The number of amides is 4. The highest BCUT2D eigenvalue weighted by Gasteiger charge is 2.68. The van der Waals surface area contributed by atoms with E-state index in [1.165, 1.54) is 36.3 Å². The maximum atomic E-state index is 14.5. The molecule has 0 bridgehead atoms. The molecule has 1 saturated carbocycles. The summed E-state index contributed by atoms with van der Waals surface area (Å²) in [6.07, 6.45) is 2.38. The van der Waals surface area contributed by atoms with Gasteiger partial charge < -0.3 is 9.84 Å². The van der Waals surface area contributed by atoms with Crippen molar-refractivity contribution in [2.45, 2.75) is 25.7 Å². The molecule has 2 aliphatic heterocycles. The zero-order valence-corrected chi connectivity index (χ0v) is 26.5. The summed E-state index contributed by atoms with van der Waals surface area (Å²) in [7, 11) is 1.45. The Bertz CT molecular complexity index is 1850. The molecule has 11 heteroatoms. The third kappa shape index (κ3) is 4.21. The maximum Gasteiger partial charge on any atom is 0.241 e. The number of carbonyl (C=O) groups excluding carboxylic acids is 4. The van der Waals surface area contributed by atoms with Crippen molar-refractivity contribution >= 4 is 62.5 Å². The molecule has 6 atom stereocenters. The van der Waals surface area contributed by atoms with E-state index in [-0.39, 0.29) is 41.1 Å². The second-order valence-corrected chi connectivity index (χ2v) is 13.5. The number of halogens is 3. The number of allylic oxidation sites excluding steroid dienone is 2. The maximum absolute atomic E-state index is 14.5. The first-order chi connectivity index (χ1) is 21.5. The zero-order chi connectivity index (χ0) is 31.9. The minimum absolute atomic E-state index is 0.0412. The number of phenols is 1. The van der Waals surface area contributed by atoms with Gasteiger partial charge in [0.25, 0.3) is 0 Å². The summed E-state index contributed by atoms with van der Waals surface area (Å²) >= 11 is 9.46. The number of carbonyl (C=O) groups is 4. The molecule has 3 aromatic rings. The van der Waals surface area contributed by atoms with Gasteiger partial charge in [0.15, 0.2) is 0 Å². The number of ether oxygens (including phenoxy) is 1. The van der Waals surface area contributed by atoms with Crippen LogP contribution < -0.4 is 14.5 Å². The predicted molar refractivity (Wildman–Crippen MR) is 167 cm³/mol. The highest BCUT2D eigenvalue weighted by Crippen LogP contribution is 2.64. The highest BCUT2D eigenvalue weighted by molar-refractivity contribution is 9.10. The van der Waals surface area contributed by atoms with E-state index >= 15 is 0 Å². The molecule has 45 heavy (non-hydrogen) atoms. The van der Waals surface area contributed by atoms with Crippen molar-refractivity contribution in [3.8, 4) is 11.5 Å². The Kier molecular flexibility index (Phi) is 6.94. The fourth-order valence-electron chi connectivity index (χ4n) is 8.01. The van der Waals surface area contributed by atoms with Gasteiger partial charge in [0.1, 0.15) is 17.3 Å². The number of anilines is 2. The van der Waals surface area contributed by atoms with Gasteiger partial charge in [0.2, 0.25) is 23.6 Å². The van der Waals surface area contributed by atoms with Gasteiger partial charge in [-0.2, -0.15) is 0 Å². The number of imide groups is 2. The Morgan fingerprint density at radius 2 is 1.64 bits per heavy atom. The summed E-state index contributed by atoms with van der Waals surface area (Å²) in [6.45, 7) is 1.74. The summed E-state index contributed by atoms with van der Waals surface area (Å²) in [5, 5.41) is 10.0. The molecular weight excluding hydrogens is 667 g/mol. The zero-order valence-electron chi connectivity index (χ0n) is 24.2. The van der Waals surface area contributed by atoms with Gasteiger partial charge in [0, 0.05) is 22.0 Å². The van der Waals surface area contributed by atoms with Crippen molar-refractivity contribution in [1.29, 1.82) is 0 Å². The molecule has 2 aliphatic carbocycles. The van der Waals surface area contributed by atoms with Crippen molar-refractivity contribution in [3.63, 3.8) is 0 Å². The van der Waals surface area contributed by atoms with E-state index in [0.717, 1.165) is 21.0 Å². The van der Waals surface area contributed by atoms with Crippen LogP contribution in [0.3, 0.4) is 0 Å². The van der Waals surface area contributed by atoms with E-state index in [9.17, 15) is 28.7 Å². The number of hydrogen-bond donors (Lipinski definition) is 1. The summed E-state index contributed by atoms with van der Waals surface area (Å²) in [5.41, 5.74) is 0.616. The Morgan fingerprint density at radius 3 is 2.33 bits per heavy atom. The van der Waals surface area contributed by atoms with Crippen LogP contribution in [0, 0.1) is 34.9 Å². The number of benzene rings is 3.